The largest absolute Gasteiger partial charge is 0.381 e. The van der Waals surface area contributed by atoms with Crippen LogP contribution >= 0.6 is 0 Å². The molecule has 1 aliphatic rings. The zero-order valence-electron chi connectivity index (χ0n) is 11.2. The Morgan fingerprint density at radius 2 is 1.81 bits per heavy atom. The van der Waals surface area contributed by atoms with Crippen molar-refractivity contribution in [2.24, 2.45) is 0 Å². The minimum absolute atomic E-state index is 0.0488. The van der Waals surface area contributed by atoms with Gasteiger partial charge < -0.3 is 14.8 Å². The Labute approximate surface area is 99.9 Å². The number of methoxy groups -OCH3 is 1. The minimum atomic E-state index is -0.0488. The summed E-state index contributed by atoms with van der Waals surface area (Å²) in [5.74, 6) is 0. The second-order valence-electron chi connectivity index (χ2n) is 5.28. The van der Waals surface area contributed by atoms with Crippen molar-refractivity contribution in [1.82, 2.24) is 5.32 Å². The van der Waals surface area contributed by atoms with Crippen LogP contribution in [-0.4, -0.2) is 38.0 Å². The molecule has 0 aliphatic heterocycles. The van der Waals surface area contributed by atoms with E-state index in [1.807, 2.05) is 14.0 Å². The highest BCUT2D eigenvalue weighted by Crippen LogP contribution is 2.21. The summed E-state index contributed by atoms with van der Waals surface area (Å²) in [5, 5.41) is 3.61. The lowest BCUT2D eigenvalue weighted by Gasteiger charge is -2.32. The molecule has 0 aromatic rings. The van der Waals surface area contributed by atoms with Gasteiger partial charge in [0.15, 0.2) is 0 Å². The minimum Gasteiger partial charge on any atom is -0.381 e. The molecule has 0 saturated heterocycles. The van der Waals surface area contributed by atoms with Crippen LogP contribution in [0.5, 0.6) is 0 Å². The Morgan fingerprint density at radius 3 is 2.31 bits per heavy atom. The van der Waals surface area contributed by atoms with Crippen LogP contribution in [0.15, 0.2) is 0 Å². The first-order valence-electron chi connectivity index (χ1n) is 6.47. The van der Waals surface area contributed by atoms with E-state index in [1.165, 1.54) is 25.7 Å². The van der Waals surface area contributed by atoms with Gasteiger partial charge in [0.25, 0.3) is 0 Å². The molecule has 0 aromatic carbocycles. The van der Waals surface area contributed by atoms with Gasteiger partial charge in [0.1, 0.15) is 0 Å². The van der Waals surface area contributed by atoms with Gasteiger partial charge in [-0.15, -0.1) is 0 Å². The Balaban J connectivity index is 2.19. The molecule has 0 heterocycles. The van der Waals surface area contributed by atoms with Crippen molar-refractivity contribution < 1.29 is 9.47 Å². The van der Waals surface area contributed by atoms with Crippen LogP contribution in [-0.2, 0) is 9.47 Å². The Morgan fingerprint density at radius 1 is 1.19 bits per heavy atom. The van der Waals surface area contributed by atoms with Crippen molar-refractivity contribution in [3.8, 4) is 0 Å². The van der Waals surface area contributed by atoms with Crippen molar-refractivity contribution >= 4 is 0 Å². The maximum absolute atomic E-state index is 5.68. The molecule has 3 nitrogen and oxygen atoms in total. The summed E-state index contributed by atoms with van der Waals surface area (Å²) in [5.41, 5.74) is -0.0488. The highest BCUT2D eigenvalue weighted by atomic mass is 16.5. The number of hydrogen-bond donors (Lipinski definition) is 1. The van der Waals surface area contributed by atoms with E-state index in [0.29, 0.717) is 12.1 Å². The van der Waals surface area contributed by atoms with E-state index >= 15 is 0 Å². The maximum Gasteiger partial charge on any atom is 0.0750 e. The van der Waals surface area contributed by atoms with Gasteiger partial charge in [0.05, 0.1) is 11.7 Å². The van der Waals surface area contributed by atoms with Crippen LogP contribution in [0.2, 0.25) is 0 Å². The van der Waals surface area contributed by atoms with Crippen molar-refractivity contribution in [3.05, 3.63) is 0 Å². The first-order chi connectivity index (χ1) is 7.57. The summed E-state index contributed by atoms with van der Waals surface area (Å²) in [6, 6.07) is 0.645. The topological polar surface area (TPSA) is 30.5 Å². The molecule has 0 atom stereocenters. The summed E-state index contributed by atoms with van der Waals surface area (Å²) in [4.78, 5) is 0. The maximum atomic E-state index is 5.68. The summed E-state index contributed by atoms with van der Waals surface area (Å²) in [6.45, 7) is 8.05. The van der Waals surface area contributed by atoms with E-state index in [0.717, 1.165) is 13.2 Å². The number of rotatable bonds is 6. The van der Waals surface area contributed by atoms with Gasteiger partial charge in [0, 0.05) is 26.3 Å². The lowest BCUT2D eigenvalue weighted by atomic mass is 9.92. The van der Waals surface area contributed by atoms with Crippen LogP contribution in [0.1, 0.15) is 46.5 Å². The monoisotopic (exact) mass is 229 g/mol. The first kappa shape index (κ1) is 13.9. The summed E-state index contributed by atoms with van der Waals surface area (Å²) in [6.07, 6.45) is 5.30. The molecular formula is C13H27NO2. The van der Waals surface area contributed by atoms with Crippen molar-refractivity contribution in [3.63, 3.8) is 0 Å². The molecule has 96 valence electrons. The zero-order chi connectivity index (χ0) is 12.0. The van der Waals surface area contributed by atoms with Gasteiger partial charge >= 0.3 is 0 Å². The SMILES string of the molecule is CCOC(C)(C)CNC1CCC(OC)CC1. The summed E-state index contributed by atoms with van der Waals surface area (Å²) < 4.78 is 11.0. The number of nitrogens with one attached hydrogen (secondary N) is 1. The lowest BCUT2D eigenvalue weighted by molar-refractivity contribution is -0.0131. The zero-order valence-corrected chi connectivity index (χ0v) is 11.2. The molecule has 0 bridgehead atoms. The molecule has 3 heteroatoms. The Kier molecular flexibility index (Phi) is 5.73. The van der Waals surface area contributed by atoms with Crippen LogP contribution in [0.25, 0.3) is 0 Å². The molecular weight excluding hydrogens is 202 g/mol. The van der Waals surface area contributed by atoms with Gasteiger partial charge in [-0.05, 0) is 46.5 Å². The van der Waals surface area contributed by atoms with E-state index < -0.39 is 0 Å². The predicted molar refractivity (Wildman–Crippen MR) is 66.8 cm³/mol. The Hall–Kier alpha value is -0.120. The molecule has 1 N–H and O–H groups in total. The third-order valence-electron chi connectivity index (χ3n) is 3.36. The third kappa shape index (κ3) is 4.81. The molecule has 0 amide bonds. The van der Waals surface area contributed by atoms with Gasteiger partial charge in [-0.3, -0.25) is 0 Å². The van der Waals surface area contributed by atoms with Crippen LogP contribution in [0.4, 0.5) is 0 Å². The fourth-order valence-corrected chi connectivity index (χ4v) is 2.33. The van der Waals surface area contributed by atoms with Crippen LogP contribution < -0.4 is 5.32 Å². The Bertz CT molecular complexity index is 186. The van der Waals surface area contributed by atoms with E-state index in [1.54, 1.807) is 0 Å². The molecule has 0 unspecified atom stereocenters. The number of hydrogen-bond acceptors (Lipinski definition) is 3. The molecule has 0 radical (unpaired) electrons. The van der Waals surface area contributed by atoms with Gasteiger partial charge in [0.2, 0.25) is 0 Å². The molecule has 1 saturated carbocycles. The average Bonchev–Trinajstić information content (AvgIpc) is 2.27. The van der Waals surface area contributed by atoms with E-state index in [9.17, 15) is 0 Å². The quantitative estimate of drug-likeness (QED) is 0.758. The summed E-state index contributed by atoms with van der Waals surface area (Å²) >= 11 is 0. The third-order valence-corrected chi connectivity index (χ3v) is 3.36. The first-order valence-corrected chi connectivity index (χ1v) is 6.47. The molecule has 0 aromatic heterocycles. The average molecular weight is 229 g/mol. The normalized spacial score (nSPS) is 27.0. The highest BCUT2D eigenvalue weighted by molar-refractivity contribution is 4.81. The molecule has 1 aliphatic carbocycles. The van der Waals surface area contributed by atoms with Gasteiger partial charge in [-0.25, -0.2) is 0 Å². The van der Waals surface area contributed by atoms with Crippen molar-refractivity contribution in [2.45, 2.75) is 64.2 Å². The lowest BCUT2D eigenvalue weighted by Crippen LogP contribution is -2.44. The van der Waals surface area contributed by atoms with Gasteiger partial charge in [-0.2, -0.15) is 0 Å². The summed E-state index contributed by atoms with van der Waals surface area (Å²) in [7, 11) is 1.82. The van der Waals surface area contributed by atoms with E-state index in [-0.39, 0.29) is 5.60 Å². The predicted octanol–water partition coefficient (Wildman–Crippen LogP) is 2.35. The smallest absolute Gasteiger partial charge is 0.0750 e. The van der Waals surface area contributed by atoms with Crippen LogP contribution in [0, 0.1) is 0 Å². The number of ether oxygens (including phenoxy) is 2. The molecule has 1 fully saturated rings. The van der Waals surface area contributed by atoms with E-state index in [2.05, 4.69) is 19.2 Å². The van der Waals surface area contributed by atoms with Gasteiger partial charge in [-0.1, -0.05) is 0 Å². The molecule has 1 rings (SSSR count). The van der Waals surface area contributed by atoms with Crippen LogP contribution in [0.3, 0.4) is 0 Å². The molecule has 0 spiro atoms. The van der Waals surface area contributed by atoms with Crippen molar-refractivity contribution in [1.29, 1.82) is 0 Å². The molecule has 16 heavy (non-hydrogen) atoms. The standard InChI is InChI=1S/C13H27NO2/c1-5-16-13(2,3)10-14-11-6-8-12(15-4)9-7-11/h11-12,14H,5-10H2,1-4H3. The second kappa shape index (κ2) is 6.58. The highest BCUT2D eigenvalue weighted by Gasteiger charge is 2.23. The fourth-order valence-electron chi connectivity index (χ4n) is 2.33. The fraction of sp³-hybridized carbons (Fsp3) is 1.00. The van der Waals surface area contributed by atoms with Crippen molar-refractivity contribution in [2.75, 3.05) is 20.3 Å². The van der Waals surface area contributed by atoms with E-state index in [4.69, 9.17) is 9.47 Å². The second-order valence-corrected chi connectivity index (χ2v) is 5.28.